The predicted molar refractivity (Wildman–Crippen MR) is 65.1 cm³/mol. The first-order valence-corrected chi connectivity index (χ1v) is 4.91. The van der Waals surface area contributed by atoms with Crippen LogP contribution in [0.1, 0.15) is 12.5 Å². The Morgan fingerprint density at radius 2 is 1.50 bits per heavy atom. The van der Waals surface area contributed by atoms with Crippen LogP contribution in [0.2, 0.25) is 0 Å². The lowest BCUT2D eigenvalue weighted by Crippen LogP contribution is -1.73. The monoisotopic (exact) mass is 213 g/mol. The van der Waals surface area contributed by atoms with Crippen LogP contribution in [0.3, 0.4) is 0 Å². The van der Waals surface area contributed by atoms with Crippen LogP contribution < -0.4 is 0 Å². The first kappa shape index (κ1) is 9.04. The molecule has 0 heterocycles. The number of benzene rings is 2. The molecule has 0 saturated carbocycles. The SMILES string of the molecule is [2H]c1cc(O)cc(C=Cc2ccc(O)cc2)c1. The molecule has 0 atom stereocenters. The first-order valence-electron chi connectivity index (χ1n) is 5.41. The highest BCUT2D eigenvalue weighted by Gasteiger charge is 1.90. The minimum absolute atomic E-state index is 0.0860. The summed E-state index contributed by atoms with van der Waals surface area (Å²) in [5, 5.41) is 18.5. The Kier molecular flexibility index (Phi) is 2.56. The third kappa shape index (κ3) is 2.64. The van der Waals surface area contributed by atoms with Crippen molar-refractivity contribution in [2.45, 2.75) is 0 Å². The average molecular weight is 213 g/mol. The van der Waals surface area contributed by atoms with E-state index < -0.39 is 0 Å². The summed E-state index contributed by atoms with van der Waals surface area (Å²) < 4.78 is 7.46. The number of hydrogen-bond acceptors (Lipinski definition) is 2. The van der Waals surface area contributed by atoms with Crippen molar-refractivity contribution in [1.82, 2.24) is 0 Å². The van der Waals surface area contributed by atoms with E-state index in [2.05, 4.69) is 0 Å². The summed E-state index contributed by atoms with van der Waals surface area (Å²) in [6.45, 7) is 0. The maximum Gasteiger partial charge on any atom is 0.116 e. The molecule has 0 saturated heterocycles. The van der Waals surface area contributed by atoms with Gasteiger partial charge in [-0.3, -0.25) is 0 Å². The van der Waals surface area contributed by atoms with Gasteiger partial charge in [-0.25, -0.2) is 0 Å². The number of aromatic hydroxyl groups is 2. The van der Waals surface area contributed by atoms with Crippen LogP contribution in [-0.4, -0.2) is 10.2 Å². The van der Waals surface area contributed by atoms with Gasteiger partial charge < -0.3 is 10.2 Å². The Morgan fingerprint density at radius 3 is 2.19 bits per heavy atom. The van der Waals surface area contributed by atoms with Crippen molar-refractivity contribution in [3.05, 3.63) is 59.6 Å². The maximum atomic E-state index is 9.34. The molecule has 2 N–H and O–H groups in total. The molecule has 0 fully saturated rings. The van der Waals surface area contributed by atoms with Crippen molar-refractivity contribution < 1.29 is 11.6 Å². The summed E-state index contributed by atoms with van der Waals surface area (Å²) in [6.07, 6.45) is 3.66. The molecule has 0 unspecified atom stereocenters. The second kappa shape index (κ2) is 4.53. The molecule has 2 heteroatoms. The van der Waals surface area contributed by atoms with Crippen LogP contribution in [0.15, 0.2) is 48.5 Å². The van der Waals surface area contributed by atoms with Gasteiger partial charge >= 0.3 is 0 Å². The van der Waals surface area contributed by atoms with Gasteiger partial charge in [-0.05, 0) is 35.4 Å². The number of rotatable bonds is 2. The van der Waals surface area contributed by atoms with Gasteiger partial charge in [0.2, 0.25) is 0 Å². The van der Waals surface area contributed by atoms with Gasteiger partial charge in [0.15, 0.2) is 0 Å². The number of phenolic OH excluding ortho intramolecular Hbond substituents is 2. The minimum atomic E-state index is 0.0860. The highest BCUT2D eigenvalue weighted by atomic mass is 16.3. The average Bonchev–Trinajstić information content (AvgIpc) is 2.27. The summed E-state index contributed by atoms with van der Waals surface area (Å²) in [4.78, 5) is 0. The Balaban J connectivity index is 2.22. The summed E-state index contributed by atoms with van der Waals surface area (Å²) in [5.41, 5.74) is 1.71. The van der Waals surface area contributed by atoms with Crippen molar-refractivity contribution in [3.63, 3.8) is 0 Å². The molecular weight excluding hydrogens is 200 g/mol. The van der Waals surface area contributed by atoms with Crippen LogP contribution in [0.25, 0.3) is 12.2 Å². The largest absolute Gasteiger partial charge is 0.508 e. The van der Waals surface area contributed by atoms with Crippen molar-refractivity contribution in [2.24, 2.45) is 0 Å². The van der Waals surface area contributed by atoms with Gasteiger partial charge in [-0.2, -0.15) is 0 Å². The molecule has 16 heavy (non-hydrogen) atoms. The summed E-state index contributed by atoms with van der Waals surface area (Å²) in [6, 6.07) is 11.7. The molecule has 2 rings (SSSR count). The molecule has 80 valence electrons. The molecule has 0 bridgehead atoms. The third-order valence-corrected chi connectivity index (χ3v) is 2.16. The third-order valence-electron chi connectivity index (χ3n) is 2.16. The standard InChI is InChI=1S/C14H12O2/c15-13-8-6-11(7-9-13)4-5-12-2-1-3-14(16)10-12/h1-10,15-16H/i1D. The molecule has 2 nitrogen and oxygen atoms in total. The zero-order valence-electron chi connectivity index (χ0n) is 9.59. The van der Waals surface area contributed by atoms with Gasteiger partial charge in [-0.15, -0.1) is 0 Å². The molecule has 0 aliphatic carbocycles. The Hall–Kier alpha value is -2.22. The molecule has 0 aliphatic heterocycles. The fourth-order valence-electron chi connectivity index (χ4n) is 1.35. The topological polar surface area (TPSA) is 40.5 Å². The fraction of sp³-hybridized carbons (Fsp3) is 0. The van der Waals surface area contributed by atoms with E-state index in [0.29, 0.717) is 0 Å². The van der Waals surface area contributed by atoms with Crippen LogP contribution >= 0.6 is 0 Å². The van der Waals surface area contributed by atoms with E-state index in [1.807, 2.05) is 12.2 Å². The molecule has 2 aromatic rings. The highest BCUT2D eigenvalue weighted by molar-refractivity contribution is 5.70. The van der Waals surface area contributed by atoms with Crippen LogP contribution in [0.5, 0.6) is 11.5 Å². The lowest BCUT2D eigenvalue weighted by Gasteiger charge is -1.96. The van der Waals surface area contributed by atoms with E-state index in [9.17, 15) is 5.11 Å². The van der Waals surface area contributed by atoms with E-state index in [0.717, 1.165) is 11.1 Å². The van der Waals surface area contributed by atoms with Crippen molar-refractivity contribution in [3.8, 4) is 11.5 Å². The molecule has 0 radical (unpaired) electrons. The predicted octanol–water partition coefficient (Wildman–Crippen LogP) is 3.27. The minimum Gasteiger partial charge on any atom is -0.508 e. The Labute approximate surface area is 95.5 Å². The summed E-state index contributed by atoms with van der Waals surface area (Å²) in [7, 11) is 0. The van der Waals surface area contributed by atoms with E-state index in [-0.39, 0.29) is 17.5 Å². The Bertz CT molecular complexity index is 524. The van der Waals surface area contributed by atoms with E-state index in [1.165, 1.54) is 6.07 Å². The van der Waals surface area contributed by atoms with Gasteiger partial charge in [0, 0.05) is 0 Å². The van der Waals surface area contributed by atoms with Crippen LogP contribution in [0.4, 0.5) is 0 Å². The zero-order chi connectivity index (χ0) is 12.3. The fourth-order valence-corrected chi connectivity index (χ4v) is 1.35. The molecule has 0 aromatic heterocycles. The van der Waals surface area contributed by atoms with Crippen molar-refractivity contribution >= 4 is 12.2 Å². The summed E-state index contributed by atoms with van der Waals surface area (Å²) in [5.74, 6) is 0.316. The molecule has 2 aromatic carbocycles. The van der Waals surface area contributed by atoms with Gasteiger partial charge in [0.25, 0.3) is 0 Å². The number of phenols is 2. The van der Waals surface area contributed by atoms with E-state index in [1.54, 1.807) is 36.4 Å². The van der Waals surface area contributed by atoms with Crippen molar-refractivity contribution in [1.29, 1.82) is 0 Å². The Morgan fingerprint density at radius 1 is 0.812 bits per heavy atom. The van der Waals surface area contributed by atoms with E-state index >= 15 is 0 Å². The van der Waals surface area contributed by atoms with E-state index in [4.69, 9.17) is 6.48 Å². The van der Waals surface area contributed by atoms with Crippen LogP contribution in [0, 0.1) is 0 Å². The van der Waals surface area contributed by atoms with Gasteiger partial charge in [0.05, 0.1) is 1.37 Å². The van der Waals surface area contributed by atoms with Gasteiger partial charge in [0.1, 0.15) is 11.5 Å². The highest BCUT2D eigenvalue weighted by Crippen LogP contribution is 2.15. The molecule has 0 aliphatic rings. The second-order valence-corrected chi connectivity index (χ2v) is 3.45. The molecule has 0 spiro atoms. The first-order chi connectivity index (χ1) is 8.13. The second-order valence-electron chi connectivity index (χ2n) is 3.45. The molecule has 0 amide bonds. The smallest absolute Gasteiger partial charge is 0.116 e. The maximum absolute atomic E-state index is 9.34. The number of hydrogen-bond donors (Lipinski definition) is 2. The normalized spacial score (nSPS) is 11.6. The van der Waals surface area contributed by atoms with Gasteiger partial charge in [-0.1, -0.05) is 36.4 Å². The zero-order valence-corrected chi connectivity index (χ0v) is 8.59. The lowest BCUT2D eigenvalue weighted by atomic mass is 10.1. The van der Waals surface area contributed by atoms with Crippen molar-refractivity contribution in [2.75, 3.05) is 0 Å². The lowest BCUT2D eigenvalue weighted by molar-refractivity contribution is 0.474. The summed E-state index contributed by atoms with van der Waals surface area (Å²) >= 11 is 0. The van der Waals surface area contributed by atoms with Crippen LogP contribution in [-0.2, 0) is 0 Å². The quantitative estimate of drug-likeness (QED) is 0.751. The molecular formula is C14H12O2.